The van der Waals surface area contributed by atoms with Crippen LogP contribution >= 0.6 is 39.1 Å². The van der Waals surface area contributed by atoms with Crippen LogP contribution in [0.25, 0.3) is 0 Å². The van der Waals surface area contributed by atoms with Gasteiger partial charge in [-0.15, -0.1) is 0 Å². The lowest BCUT2D eigenvalue weighted by Gasteiger charge is -2.58. The van der Waals surface area contributed by atoms with Crippen LogP contribution in [0, 0.1) is 17.3 Å². The topological polar surface area (TPSA) is 68.3 Å². The van der Waals surface area contributed by atoms with E-state index in [1.807, 2.05) is 0 Å². The Morgan fingerprint density at radius 3 is 2.56 bits per heavy atom. The molecule has 4 aliphatic rings. The summed E-state index contributed by atoms with van der Waals surface area (Å²) in [6.07, 6.45) is 6.48. The molecule has 5 rings (SSSR count). The number of carbonyl (C=O) groups is 2. The van der Waals surface area contributed by atoms with E-state index in [4.69, 9.17) is 27.9 Å². The van der Waals surface area contributed by atoms with E-state index in [2.05, 4.69) is 26.2 Å². The van der Waals surface area contributed by atoms with Gasteiger partial charge in [-0.05, 0) is 63.4 Å². The van der Waals surface area contributed by atoms with Gasteiger partial charge in [0.15, 0.2) is 11.9 Å². The van der Waals surface area contributed by atoms with Gasteiger partial charge in [0.25, 0.3) is 5.91 Å². The van der Waals surface area contributed by atoms with Gasteiger partial charge in [-0.2, -0.15) is 0 Å². The quantitative estimate of drug-likeness (QED) is 0.491. The molecule has 4 fully saturated rings. The van der Waals surface area contributed by atoms with Crippen LogP contribution in [-0.2, 0) is 14.3 Å². The number of aromatic nitrogens is 1. The van der Waals surface area contributed by atoms with Crippen molar-refractivity contribution in [2.75, 3.05) is 5.32 Å². The van der Waals surface area contributed by atoms with Crippen molar-refractivity contribution in [3.05, 3.63) is 22.3 Å². The van der Waals surface area contributed by atoms with Gasteiger partial charge in [-0.25, -0.2) is 4.98 Å². The molecule has 0 radical (unpaired) electrons. The Morgan fingerprint density at radius 1 is 1.30 bits per heavy atom. The second-order valence-electron chi connectivity index (χ2n) is 8.41. The summed E-state index contributed by atoms with van der Waals surface area (Å²) in [6.45, 7) is 1.57. The maximum atomic E-state index is 13.0. The fourth-order valence-corrected chi connectivity index (χ4v) is 7.33. The SMILES string of the molecule is C[C@@H](OC(=O)C12C[C@@H]3C[C@@H](CC(Br)(C3)C1)C2)C(=O)Nc1ncc(Cl)cc1Cl. The smallest absolute Gasteiger partial charge is 0.312 e. The molecular weight excluding hydrogens is 455 g/mol. The molecule has 8 heteroatoms. The highest BCUT2D eigenvalue weighted by Crippen LogP contribution is 2.64. The standard InChI is InChI=1S/C19H21BrCl2N2O3/c1-10(16(25)24-15-14(22)3-13(21)8-23-15)27-17(26)18-4-11-2-12(5-18)7-19(20,6-11)9-18/h3,8,10-12H,2,4-7,9H2,1H3,(H,23,24,25)/t10-,11-,12+,18?,19?/m1/s1. The van der Waals surface area contributed by atoms with Crippen LogP contribution in [0.15, 0.2) is 12.3 Å². The van der Waals surface area contributed by atoms with Gasteiger partial charge in [0.05, 0.1) is 15.5 Å². The van der Waals surface area contributed by atoms with E-state index in [-0.39, 0.29) is 21.1 Å². The Kier molecular flexibility index (Phi) is 4.97. The van der Waals surface area contributed by atoms with Crippen molar-refractivity contribution < 1.29 is 14.3 Å². The molecule has 1 N–H and O–H groups in total. The molecule has 1 amide bonds. The number of nitrogens with zero attached hydrogens (tertiary/aromatic N) is 1. The van der Waals surface area contributed by atoms with Gasteiger partial charge < -0.3 is 10.1 Å². The number of rotatable bonds is 4. The number of pyridine rings is 1. The third-order valence-electron chi connectivity index (χ3n) is 6.13. The maximum Gasteiger partial charge on any atom is 0.312 e. The van der Waals surface area contributed by atoms with E-state index in [9.17, 15) is 9.59 Å². The number of ether oxygens (including phenoxy) is 1. The predicted octanol–water partition coefficient (Wildman–Crippen LogP) is 4.99. The molecule has 0 spiro atoms. The Labute approximate surface area is 176 Å². The molecule has 4 bridgehead atoms. The lowest BCUT2D eigenvalue weighted by atomic mass is 9.49. The van der Waals surface area contributed by atoms with E-state index in [1.54, 1.807) is 6.92 Å². The number of hydrogen-bond donors (Lipinski definition) is 1. The van der Waals surface area contributed by atoms with Gasteiger partial charge in [-0.3, -0.25) is 9.59 Å². The third-order valence-corrected chi connectivity index (χ3v) is 7.55. The highest BCUT2D eigenvalue weighted by molar-refractivity contribution is 9.10. The number of alkyl halides is 1. The van der Waals surface area contributed by atoms with E-state index >= 15 is 0 Å². The van der Waals surface area contributed by atoms with Gasteiger partial charge in [0.1, 0.15) is 0 Å². The number of carbonyl (C=O) groups excluding carboxylic acids is 2. The minimum Gasteiger partial charge on any atom is -0.452 e. The van der Waals surface area contributed by atoms with Gasteiger partial charge in [-0.1, -0.05) is 39.1 Å². The average molecular weight is 476 g/mol. The minimum atomic E-state index is -0.926. The molecule has 5 nitrogen and oxygen atoms in total. The van der Waals surface area contributed by atoms with Gasteiger partial charge in [0, 0.05) is 10.5 Å². The van der Waals surface area contributed by atoms with Crippen molar-refractivity contribution >= 4 is 56.8 Å². The van der Waals surface area contributed by atoms with Crippen LogP contribution in [0.1, 0.15) is 45.4 Å². The molecule has 0 aromatic carbocycles. The highest BCUT2D eigenvalue weighted by atomic mass is 79.9. The maximum absolute atomic E-state index is 13.0. The summed E-state index contributed by atoms with van der Waals surface area (Å²) < 4.78 is 5.67. The molecule has 4 saturated carbocycles. The summed E-state index contributed by atoms with van der Waals surface area (Å²) in [6, 6.07) is 1.49. The highest BCUT2D eigenvalue weighted by Gasteiger charge is 2.60. The molecule has 0 aliphatic heterocycles. The minimum absolute atomic E-state index is 0.0579. The number of nitrogens with one attached hydrogen (secondary N) is 1. The molecule has 146 valence electrons. The van der Waals surface area contributed by atoms with Crippen LogP contribution in [0.3, 0.4) is 0 Å². The zero-order valence-corrected chi connectivity index (χ0v) is 18.0. The number of amides is 1. The van der Waals surface area contributed by atoms with Crippen LogP contribution in [0.5, 0.6) is 0 Å². The number of hydrogen-bond acceptors (Lipinski definition) is 4. The zero-order valence-electron chi connectivity index (χ0n) is 14.9. The molecule has 1 aromatic heterocycles. The fraction of sp³-hybridized carbons (Fsp3) is 0.632. The summed E-state index contributed by atoms with van der Waals surface area (Å²) in [4.78, 5) is 29.5. The van der Waals surface area contributed by atoms with Crippen LogP contribution < -0.4 is 5.32 Å². The number of halogens is 3. The first kappa shape index (κ1) is 19.5. The Hall–Kier alpha value is -0.850. The summed E-state index contributed by atoms with van der Waals surface area (Å²) in [5.41, 5.74) is -0.460. The van der Waals surface area contributed by atoms with E-state index in [0.717, 1.165) is 32.1 Å². The van der Waals surface area contributed by atoms with Crippen molar-refractivity contribution in [2.45, 2.75) is 55.9 Å². The van der Waals surface area contributed by atoms with Crippen molar-refractivity contribution in [2.24, 2.45) is 17.3 Å². The zero-order chi connectivity index (χ0) is 19.4. The Morgan fingerprint density at radius 2 is 1.96 bits per heavy atom. The van der Waals surface area contributed by atoms with Crippen molar-refractivity contribution in [3.63, 3.8) is 0 Å². The molecule has 0 saturated heterocycles. The van der Waals surface area contributed by atoms with E-state index in [0.29, 0.717) is 16.9 Å². The molecule has 1 heterocycles. The van der Waals surface area contributed by atoms with Crippen LogP contribution in [0.4, 0.5) is 5.82 Å². The first-order chi connectivity index (χ1) is 12.7. The molecule has 1 aromatic rings. The Bertz CT molecular complexity index is 789. The Balaban J connectivity index is 1.42. The molecular formula is C19H21BrCl2N2O3. The second-order valence-corrected chi connectivity index (χ2v) is 10.9. The monoisotopic (exact) mass is 474 g/mol. The lowest BCUT2D eigenvalue weighted by molar-refractivity contribution is -0.175. The lowest BCUT2D eigenvalue weighted by Crippen LogP contribution is -2.56. The average Bonchev–Trinajstić information content (AvgIpc) is 2.55. The van der Waals surface area contributed by atoms with E-state index in [1.165, 1.54) is 18.7 Å². The predicted molar refractivity (Wildman–Crippen MR) is 107 cm³/mol. The molecule has 2 unspecified atom stereocenters. The largest absolute Gasteiger partial charge is 0.452 e. The number of esters is 1. The van der Waals surface area contributed by atoms with Crippen LogP contribution in [-0.4, -0.2) is 27.3 Å². The van der Waals surface area contributed by atoms with E-state index < -0.39 is 17.4 Å². The summed E-state index contributed by atoms with van der Waals surface area (Å²) in [7, 11) is 0. The van der Waals surface area contributed by atoms with Crippen LogP contribution in [0.2, 0.25) is 10.0 Å². The van der Waals surface area contributed by atoms with Crippen molar-refractivity contribution in [1.82, 2.24) is 4.98 Å². The van der Waals surface area contributed by atoms with Crippen molar-refractivity contribution in [3.8, 4) is 0 Å². The van der Waals surface area contributed by atoms with Crippen molar-refractivity contribution in [1.29, 1.82) is 0 Å². The third kappa shape index (κ3) is 3.73. The fourth-order valence-electron chi connectivity index (χ4n) is 5.45. The normalized spacial score (nSPS) is 35.0. The number of anilines is 1. The first-order valence-electron chi connectivity index (χ1n) is 9.20. The molecule has 4 aliphatic carbocycles. The van der Waals surface area contributed by atoms with Gasteiger partial charge >= 0.3 is 5.97 Å². The first-order valence-corrected chi connectivity index (χ1v) is 10.7. The second kappa shape index (κ2) is 6.89. The molecule has 27 heavy (non-hydrogen) atoms. The van der Waals surface area contributed by atoms with Gasteiger partial charge in [0.2, 0.25) is 0 Å². The summed E-state index contributed by atoms with van der Waals surface area (Å²) >= 11 is 15.7. The summed E-state index contributed by atoms with van der Waals surface area (Å²) in [5.74, 6) is 0.624. The molecule has 5 atom stereocenters. The summed E-state index contributed by atoms with van der Waals surface area (Å²) in [5, 5.41) is 3.21.